The van der Waals surface area contributed by atoms with Gasteiger partial charge >= 0.3 is 0 Å². The second-order valence-electron chi connectivity index (χ2n) is 5.32. The Bertz CT molecular complexity index is 464. The minimum absolute atomic E-state index is 0.540. The molecule has 1 aliphatic carbocycles. The van der Waals surface area contributed by atoms with Crippen molar-refractivity contribution < 1.29 is 0 Å². The highest BCUT2D eigenvalue weighted by Crippen LogP contribution is 2.33. The molecule has 0 saturated heterocycles. The van der Waals surface area contributed by atoms with Gasteiger partial charge in [-0.15, -0.1) is 0 Å². The van der Waals surface area contributed by atoms with E-state index >= 15 is 0 Å². The maximum Gasteiger partial charge on any atom is 0.0992 e. The first-order chi connectivity index (χ1) is 8.61. The van der Waals surface area contributed by atoms with Crippen molar-refractivity contribution in [3.05, 3.63) is 28.2 Å². The van der Waals surface area contributed by atoms with E-state index in [0.717, 1.165) is 16.1 Å². The highest BCUT2D eigenvalue weighted by atomic mass is 79.9. The molecule has 0 bridgehead atoms. The first kappa shape index (κ1) is 13.4. The summed E-state index contributed by atoms with van der Waals surface area (Å²) in [6.07, 6.45) is 3.88. The fourth-order valence-electron chi connectivity index (χ4n) is 2.69. The molecule has 1 aromatic carbocycles. The van der Waals surface area contributed by atoms with E-state index < -0.39 is 0 Å². The second-order valence-corrected chi connectivity index (χ2v) is 6.18. The van der Waals surface area contributed by atoms with Crippen molar-refractivity contribution in [3.8, 4) is 6.07 Å². The first-order valence-corrected chi connectivity index (χ1v) is 7.37. The van der Waals surface area contributed by atoms with E-state index in [-0.39, 0.29) is 0 Å². The van der Waals surface area contributed by atoms with Crippen LogP contribution >= 0.6 is 15.9 Å². The van der Waals surface area contributed by atoms with Gasteiger partial charge in [0.05, 0.1) is 11.6 Å². The molecule has 1 aliphatic rings. The van der Waals surface area contributed by atoms with Crippen molar-refractivity contribution in [1.82, 2.24) is 0 Å². The molecule has 2 nitrogen and oxygen atoms in total. The summed E-state index contributed by atoms with van der Waals surface area (Å²) < 4.78 is 0.979. The predicted octanol–water partition coefficient (Wildman–Crippen LogP) is 4.56. The molecule has 3 unspecified atom stereocenters. The Balaban J connectivity index is 2.12. The minimum Gasteiger partial charge on any atom is -0.381 e. The van der Waals surface area contributed by atoms with E-state index in [0.29, 0.717) is 17.5 Å². The van der Waals surface area contributed by atoms with Gasteiger partial charge in [-0.05, 0) is 52.4 Å². The average Bonchev–Trinajstić information content (AvgIpc) is 2.37. The van der Waals surface area contributed by atoms with Gasteiger partial charge in [-0.25, -0.2) is 0 Å². The van der Waals surface area contributed by atoms with E-state index in [9.17, 15) is 0 Å². The lowest BCUT2D eigenvalue weighted by molar-refractivity contribution is 0.253. The summed E-state index contributed by atoms with van der Waals surface area (Å²) in [5.74, 6) is 1.48. The number of nitriles is 1. The summed E-state index contributed by atoms with van der Waals surface area (Å²) in [6, 6.07) is 8.43. The van der Waals surface area contributed by atoms with Crippen LogP contribution in [0.3, 0.4) is 0 Å². The molecular weight excluding hydrogens is 288 g/mol. The van der Waals surface area contributed by atoms with E-state index in [4.69, 9.17) is 5.26 Å². The van der Waals surface area contributed by atoms with E-state index in [2.05, 4.69) is 41.2 Å². The lowest BCUT2D eigenvalue weighted by Gasteiger charge is -2.35. The standard InChI is InChI=1S/C15H19BrN2/c1-10-4-3-5-14(11(10)2)18-15-7-6-12(9-17)8-13(15)16/h6-8,10-11,14,18H,3-5H2,1-2H3. The molecule has 0 amide bonds. The Hall–Kier alpha value is -1.01. The van der Waals surface area contributed by atoms with Crippen LogP contribution in [-0.4, -0.2) is 6.04 Å². The Morgan fingerprint density at radius 3 is 2.78 bits per heavy atom. The SMILES string of the molecule is CC1CCCC(Nc2ccc(C#N)cc2Br)C1C. The molecule has 0 aliphatic heterocycles. The molecule has 1 aromatic rings. The summed E-state index contributed by atoms with van der Waals surface area (Å²) in [7, 11) is 0. The van der Waals surface area contributed by atoms with E-state index in [1.165, 1.54) is 19.3 Å². The Morgan fingerprint density at radius 2 is 2.11 bits per heavy atom. The summed E-state index contributed by atoms with van der Waals surface area (Å²) in [5.41, 5.74) is 1.79. The van der Waals surface area contributed by atoms with Gasteiger partial charge in [0.25, 0.3) is 0 Å². The molecule has 0 heterocycles. The molecule has 96 valence electrons. The van der Waals surface area contributed by atoms with Crippen LogP contribution in [0.2, 0.25) is 0 Å². The van der Waals surface area contributed by atoms with Gasteiger partial charge in [0, 0.05) is 16.2 Å². The number of hydrogen-bond acceptors (Lipinski definition) is 2. The molecular formula is C15H19BrN2. The fraction of sp³-hybridized carbons (Fsp3) is 0.533. The number of halogens is 1. The van der Waals surface area contributed by atoms with Crippen LogP contribution in [0.4, 0.5) is 5.69 Å². The van der Waals surface area contributed by atoms with Crippen molar-refractivity contribution >= 4 is 21.6 Å². The van der Waals surface area contributed by atoms with Crippen molar-refractivity contribution in [2.75, 3.05) is 5.32 Å². The van der Waals surface area contributed by atoms with Gasteiger partial charge in [-0.2, -0.15) is 5.26 Å². The minimum atomic E-state index is 0.540. The number of hydrogen-bond donors (Lipinski definition) is 1. The summed E-state index contributed by atoms with van der Waals surface area (Å²) >= 11 is 3.54. The normalized spacial score (nSPS) is 27.6. The number of nitrogens with one attached hydrogen (secondary N) is 1. The Labute approximate surface area is 118 Å². The first-order valence-electron chi connectivity index (χ1n) is 6.58. The van der Waals surface area contributed by atoms with Gasteiger partial charge in [-0.1, -0.05) is 26.7 Å². The van der Waals surface area contributed by atoms with Crippen molar-refractivity contribution in [1.29, 1.82) is 5.26 Å². The number of rotatable bonds is 2. The summed E-state index contributed by atoms with van der Waals surface area (Å²) in [5, 5.41) is 12.5. The molecule has 18 heavy (non-hydrogen) atoms. The van der Waals surface area contributed by atoms with Crippen molar-refractivity contribution in [2.24, 2.45) is 11.8 Å². The van der Waals surface area contributed by atoms with Crippen LogP contribution in [0.1, 0.15) is 38.7 Å². The quantitative estimate of drug-likeness (QED) is 0.869. The van der Waals surface area contributed by atoms with Gasteiger partial charge < -0.3 is 5.32 Å². The fourth-order valence-corrected chi connectivity index (χ4v) is 3.18. The van der Waals surface area contributed by atoms with Crippen LogP contribution in [0, 0.1) is 23.2 Å². The topological polar surface area (TPSA) is 35.8 Å². The summed E-state index contributed by atoms with van der Waals surface area (Å²) in [6.45, 7) is 4.67. The van der Waals surface area contributed by atoms with Crippen molar-refractivity contribution in [2.45, 2.75) is 39.2 Å². The third-order valence-electron chi connectivity index (χ3n) is 4.15. The second kappa shape index (κ2) is 5.75. The van der Waals surface area contributed by atoms with Gasteiger partial charge in [0.2, 0.25) is 0 Å². The molecule has 1 fully saturated rings. The predicted molar refractivity (Wildman–Crippen MR) is 78.4 cm³/mol. The maximum absolute atomic E-state index is 8.86. The van der Waals surface area contributed by atoms with Crippen LogP contribution in [0.25, 0.3) is 0 Å². The third-order valence-corrected chi connectivity index (χ3v) is 4.80. The molecule has 0 radical (unpaired) electrons. The molecule has 0 spiro atoms. The zero-order valence-electron chi connectivity index (χ0n) is 10.9. The molecule has 3 atom stereocenters. The van der Waals surface area contributed by atoms with Gasteiger partial charge in [-0.3, -0.25) is 0 Å². The van der Waals surface area contributed by atoms with E-state index in [1.54, 1.807) is 0 Å². The summed E-state index contributed by atoms with van der Waals surface area (Å²) in [4.78, 5) is 0. The zero-order chi connectivity index (χ0) is 13.1. The molecule has 0 aromatic heterocycles. The van der Waals surface area contributed by atoms with Gasteiger partial charge in [0.15, 0.2) is 0 Å². The number of anilines is 1. The highest BCUT2D eigenvalue weighted by molar-refractivity contribution is 9.10. The molecule has 2 rings (SSSR count). The Kier molecular flexibility index (Phi) is 4.29. The van der Waals surface area contributed by atoms with Crippen LogP contribution < -0.4 is 5.32 Å². The third kappa shape index (κ3) is 2.87. The largest absolute Gasteiger partial charge is 0.381 e. The highest BCUT2D eigenvalue weighted by Gasteiger charge is 2.27. The molecule has 3 heteroatoms. The lowest BCUT2D eigenvalue weighted by atomic mass is 9.78. The number of benzene rings is 1. The monoisotopic (exact) mass is 306 g/mol. The van der Waals surface area contributed by atoms with Crippen molar-refractivity contribution in [3.63, 3.8) is 0 Å². The smallest absolute Gasteiger partial charge is 0.0992 e. The van der Waals surface area contributed by atoms with E-state index in [1.807, 2.05) is 18.2 Å². The van der Waals surface area contributed by atoms with Crippen LogP contribution in [-0.2, 0) is 0 Å². The number of nitrogens with zero attached hydrogens (tertiary/aromatic N) is 1. The van der Waals surface area contributed by atoms with Crippen LogP contribution in [0.15, 0.2) is 22.7 Å². The molecule has 1 N–H and O–H groups in total. The van der Waals surface area contributed by atoms with Gasteiger partial charge in [0.1, 0.15) is 0 Å². The van der Waals surface area contributed by atoms with Crippen LogP contribution in [0.5, 0.6) is 0 Å². The lowest BCUT2D eigenvalue weighted by Crippen LogP contribution is -2.35. The zero-order valence-corrected chi connectivity index (χ0v) is 12.5. The molecule has 1 saturated carbocycles. The maximum atomic E-state index is 8.86. The average molecular weight is 307 g/mol. The Morgan fingerprint density at radius 1 is 1.33 bits per heavy atom.